The van der Waals surface area contributed by atoms with Gasteiger partial charge in [-0.3, -0.25) is 9.59 Å². The van der Waals surface area contributed by atoms with Crippen LogP contribution < -0.4 is 10.6 Å². The predicted octanol–water partition coefficient (Wildman–Crippen LogP) is 0.345. The van der Waals surface area contributed by atoms with E-state index in [1.165, 1.54) is 4.90 Å². The molecule has 1 aliphatic heterocycles. The number of nitrogens with zero attached hydrogens (tertiary/aromatic N) is 1. The minimum atomic E-state index is -0.962. The number of hydrogen-bond acceptors (Lipinski definition) is 4. The molecule has 1 aliphatic carbocycles. The van der Waals surface area contributed by atoms with Gasteiger partial charge in [0, 0.05) is 6.54 Å². The molecular weight excluding hydrogens is 298 g/mol. The fourth-order valence-electron chi connectivity index (χ4n) is 3.55. The van der Waals surface area contributed by atoms with E-state index in [-0.39, 0.29) is 23.8 Å². The highest BCUT2D eigenvalue weighted by molar-refractivity contribution is 5.92. The Morgan fingerprint density at radius 2 is 1.78 bits per heavy atom. The minimum Gasteiger partial charge on any atom is -0.480 e. The summed E-state index contributed by atoms with van der Waals surface area (Å²) in [4.78, 5) is 37.9. The molecule has 7 nitrogen and oxygen atoms in total. The maximum absolute atomic E-state index is 12.9. The third-order valence-corrected chi connectivity index (χ3v) is 5.08. The van der Waals surface area contributed by atoms with Gasteiger partial charge in [-0.05, 0) is 45.6 Å². The lowest BCUT2D eigenvalue weighted by atomic mass is 9.96. The molecule has 2 amide bonds. The van der Waals surface area contributed by atoms with E-state index >= 15 is 0 Å². The smallest absolute Gasteiger partial charge is 0.326 e. The molecule has 0 aromatic rings. The molecule has 130 valence electrons. The normalized spacial score (nSPS) is 24.4. The van der Waals surface area contributed by atoms with Gasteiger partial charge in [-0.25, -0.2) is 4.79 Å². The third-order valence-electron chi connectivity index (χ3n) is 5.08. The van der Waals surface area contributed by atoms with Crippen LogP contribution in [-0.2, 0) is 14.4 Å². The first-order valence-corrected chi connectivity index (χ1v) is 8.46. The number of rotatable bonds is 6. The van der Waals surface area contributed by atoms with Crippen molar-refractivity contribution in [2.24, 2.45) is 5.92 Å². The largest absolute Gasteiger partial charge is 0.480 e. The van der Waals surface area contributed by atoms with Crippen molar-refractivity contribution in [2.75, 3.05) is 13.6 Å². The highest BCUT2D eigenvalue weighted by Crippen LogP contribution is 2.30. The number of likely N-dealkylation sites (tertiary alicyclic amines) is 1. The van der Waals surface area contributed by atoms with Crippen molar-refractivity contribution >= 4 is 17.8 Å². The summed E-state index contributed by atoms with van der Waals surface area (Å²) in [5, 5.41) is 15.0. The quantitative estimate of drug-likeness (QED) is 0.654. The molecule has 0 unspecified atom stereocenters. The van der Waals surface area contributed by atoms with Crippen LogP contribution >= 0.6 is 0 Å². The SMILES string of the molecule is CN[C@@H](C)C(=O)N[C@H](C(=O)N1CCC[C@H]1C(=O)O)C1CCCC1. The van der Waals surface area contributed by atoms with Gasteiger partial charge in [-0.1, -0.05) is 12.8 Å². The number of hydrogen-bond donors (Lipinski definition) is 3. The van der Waals surface area contributed by atoms with E-state index in [9.17, 15) is 19.5 Å². The van der Waals surface area contributed by atoms with E-state index in [0.29, 0.717) is 19.4 Å². The zero-order valence-electron chi connectivity index (χ0n) is 13.9. The maximum Gasteiger partial charge on any atom is 0.326 e. The van der Waals surface area contributed by atoms with Gasteiger partial charge in [0.2, 0.25) is 11.8 Å². The number of aliphatic carboxylic acids is 1. The minimum absolute atomic E-state index is 0.102. The molecule has 0 spiro atoms. The molecule has 1 saturated heterocycles. The Hall–Kier alpha value is -1.63. The highest BCUT2D eigenvalue weighted by atomic mass is 16.4. The number of carbonyl (C=O) groups is 3. The molecule has 0 aromatic carbocycles. The van der Waals surface area contributed by atoms with Crippen LogP contribution in [0.5, 0.6) is 0 Å². The van der Waals surface area contributed by atoms with Crippen molar-refractivity contribution in [2.45, 2.75) is 63.6 Å². The van der Waals surface area contributed by atoms with Gasteiger partial charge in [0.15, 0.2) is 0 Å². The lowest BCUT2D eigenvalue weighted by Crippen LogP contribution is -2.56. The Bertz CT molecular complexity index is 462. The summed E-state index contributed by atoms with van der Waals surface area (Å²) in [6.07, 6.45) is 5.08. The zero-order valence-corrected chi connectivity index (χ0v) is 13.9. The van der Waals surface area contributed by atoms with Crippen LogP contribution in [0.4, 0.5) is 0 Å². The van der Waals surface area contributed by atoms with E-state index in [4.69, 9.17) is 0 Å². The van der Waals surface area contributed by atoms with Gasteiger partial charge in [0.1, 0.15) is 12.1 Å². The van der Waals surface area contributed by atoms with Crippen LogP contribution in [0, 0.1) is 5.92 Å². The van der Waals surface area contributed by atoms with E-state index in [2.05, 4.69) is 10.6 Å². The lowest BCUT2D eigenvalue weighted by molar-refractivity contribution is -0.150. The molecule has 1 saturated carbocycles. The number of carboxylic acids is 1. The van der Waals surface area contributed by atoms with Crippen molar-refractivity contribution in [1.29, 1.82) is 0 Å². The summed E-state index contributed by atoms with van der Waals surface area (Å²) >= 11 is 0. The third kappa shape index (κ3) is 4.02. The number of nitrogens with one attached hydrogen (secondary N) is 2. The Kier molecular flexibility index (Phi) is 5.98. The molecule has 2 rings (SSSR count). The summed E-state index contributed by atoms with van der Waals surface area (Å²) in [6, 6.07) is -1.76. The Labute approximate surface area is 136 Å². The monoisotopic (exact) mass is 325 g/mol. The molecule has 0 aromatic heterocycles. The Morgan fingerprint density at radius 3 is 2.35 bits per heavy atom. The molecule has 23 heavy (non-hydrogen) atoms. The standard InChI is InChI=1S/C16H27N3O4/c1-10(17-2)14(20)18-13(11-6-3-4-7-11)15(21)19-9-5-8-12(19)16(22)23/h10-13,17H,3-9H2,1-2H3,(H,18,20)(H,22,23)/t10-,12-,13-/m0/s1. The lowest BCUT2D eigenvalue weighted by Gasteiger charge is -2.31. The second kappa shape index (κ2) is 7.77. The molecule has 0 bridgehead atoms. The van der Waals surface area contributed by atoms with Crippen molar-refractivity contribution in [3.8, 4) is 0 Å². The van der Waals surface area contributed by atoms with E-state index < -0.39 is 18.1 Å². The molecule has 1 heterocycles. The summed E-state index contributed by atoms with van der Waals surface area (Å²) in [6.45, 7) is 2.19. The predicted molar refractivity (Wildman–Crippen MR) is 84.8 cm³/mol. The summed E-state index contributed by atoms with van der Waals surface area (Å²) in [7, 11) is 1.69. The number of carboxylic acid groups (broad SMARTS) is 1. The second-order valence-electron chi connectivity index (χ2n) is 6.57. The van der Waals surface area contributed by atoms with Crippen molar-refractivity contribution in [3.05, 3.63) is 0 Å². The first-order valence-electron chi connectivity index (χ1n) is 8.46. The molecule has 7 heteroatoms. The fraction of sp³-hybridized carbons (Fsp3) is 0.812. The average Bonchev–Trinajstić information content (AvgIpc) is 3.21. The number of carbonyl (C=O) groups excluding carboxylic acids is 2. The zero-order chi connectivity index (χ0) is 17.0. The Morgan fingerprint density at radius 1 is 1.13 bits per heavy atom. The van der Waals surface area contributed by atoms with Gasteiger partial charge >= 0.3 is 5.97 Å². The first kappa shape index (κ1) is 17.7. The van der Waals surface area contributed by atoms with Gasteiger partial charge in [-0.2, -0.15) is 0 Å². The summed E-state index contributed by atoms with van der Waals surface area (Å²) < 4.78 is 0. The van der Waals surface area contributed by atoms with Gasteiger partial charge in [0.25, 0.3) is 0 Å². The van der Waals surface area contributed by atoms with Crippen LogP contribution in [0.15, 0.2) is 0 Å². The first-order chi connectivity index (χ1) is 11.0. The molecular formula is C16H27N3O4. The van der Waals surface area contributed by atoms with Crippen molar-refractivity contribution in [3.63, 3.8) is 0 Å². The van der Waals surface area contributed by atoms with E-state index in [1.807, 2.05) is 0 Å². The van der Waals surface area contributed by atoms with Gasteiger partial charge < -0.3 is 20.6 Å². The number of likely N-dealkylation sites (N-methyl/N-ethyl adjacent to an activating group) is 1. The van der Waals surface area contributed by atoms with Gasteiger partial charge in [0.05, 0.1) is 6.04 Å². The second-order valence-corrected chi connectivity index (χ2v) is 6.57. The van der Waals surface area contributed by atoms with Crippen LogP contribution in [-0.4, -0.2) is 59.5 Å². The van der Waals surface area contributed by atoms with Gasteiger partial charge in [-0.15, -0.1) is 0 Å². The summed E-state index contributed by atoms with van der Waals surface area (Å²) in [5.74, 6) is -1.32. The van der Waals surface area contributed by atoms with E-state index in [1.54, 1.807) is 14.0 Å². The van der Waals surface area contributed by atoms with Crippen LogP contribution in [0.1, 0.15) is 45.4 Å². The molecule has 3 N–H and O–H groups in total. The highest BCUT2D eigenvalue weighted by Gasteiger charge is 2.41. The molecule has 2 fully saturated rings. The maximum atomic E-state index is 12.9. The van der Waals surface area contributed by atoms with Crippen molar-refractivity contribution < 1.29 is 19.5 Å². The van der Waals surface area contributed by atoms with Crippen LogP contribution in [0.25, 0.3) is 0 Å². The molecule has 3 atom stereocenters. The van der Waals surface area contributed by atoms with E-state index in [0.717, 1.165) is 25.7 Å². The van der Waals surface area contributed by atoms with Crippen LogP contribution in [0.2, 0.25) is 0 Å². The van der Waals surface area contributed by atoms with Crippen molar-refractivity contribution in [1.82, 2.24) is 15.5 Å². The summed E-state index contributed by atoms with van der Waals surface area (Å²) in [5.41, 5.74) is 0. The average molecular weight is 325 g/mol. The fourth-order valence-corrected chi connectivity index (χ4v) is 3.55. The topological polar surface area (TPSA) is 98.7 Å². The van der Waals surface area contributed by atoms with Crippen LogP contribution in [0.3, 0.4) is 0 Å². The number of amides is 2. The Balaban J connectivity index is 2.14. The molecule has 2 aliphatic rings. The molecule has 0 radical (unpaired) electrons.